The van der Waals surface area contributed by atoms with Crippen LogP contribution in [-0.2, 0) is 4.74 Å². The van der Waals surface area contributed by atoms with E-state index in [1.807, 2.05) is 0 Å². The molecule has 0 radical (unpaired) electrons. The maximum Gasteiger partial charge on any atom is 1.00 e. The Labute approximate surface area is 143 Å². The molecule has 1 spiro atoms. The van der Waals surface area contributed by atoms with Gasteiger partial charge in [-0.1, -0.05) is 6.32 Å². The zero-order valence-electron chi connectivity index (χ0n) is 10.4. The van der Waals surface area contributed by atoms with Crippen molar-refractivity contribution in [3.05, 3.63) is 0 Å². The standard InChI is InChI=1S/C10H18BF3NO.K/c12-11(13,14)7-9-8-16-6-3-10(9)1-4-15-5-2-10;/h9,15H,1-8H2;/q-1;+1. The third kappa shape index (κ3) is 4.47. The molecule has 2 aliphatic heterocycles. The molecule has 2 saturated heterocycles. The van der Waals surface area contributed by atoms with Gasteiger partial charge in [-0.3, -0.25) is 0 Å². The molecule has 0 saturated carbocycles. The second-order valence-electron chi connectivity index (χ2n) is 5.08. The minimum atomic E-state index is -4.69. The monoisotopic (exact) mass is 275 g/mol. The van der Waals surface area contributed by atoms with E-state index in [9.17, 15) is 12.9 Å². The van der Waals surface area contributed by atoms with Crippen LogP contribution in [0.25, 0.3) is 0 Å². The molecule has 2 rings (SSSR count). The van der Waals surface area contributed by atoms with Gasteiger partial charge in [0.25, 0.3) is 0 Å². The van der Waals surface area contributed by atoms with Crippen LogP contribution in [0.5, 0.6) is 0 Å². The van der Waals surface area contributed by atoms with Crippen LogP contribution < -0.4 is 56.7 Å². The fourth-order valence-corrected chi connectivity index (χ4v) is 3.11. The number of rotatable bonds is 2. The number of halogens is 3. The summed E-state index contributed by atoms with van der Waals surface area (Å²) < 4.78 is 43.0. The molecule has 7 heteroatoms. The van der Waals surface area contributed by atoms with Gasteiger partial charge >= 0.3 is 58.4 Å². The molecule has 0 amide bonds. The topological polar surface area (TPSA) is 21.3 Å². The summed E-state index contributed by atoms with van der Waals surface area (Å²) >= 11 is 0. The predicted octanol–water partition coefficient (Wildman–Crippen LogP) is -0.756. The van der Waals surface area contributed by atoms with Crippen LogP contribution in [-0.4, -0.2) is 33.3 Å². The number of ether oxygens (including phenoxy) is 1. The van der Waals surface area contributed by atoms with E-state index in [2.05, 4.69) is 5.32 Å². The van der Waals surface area contributed by atoms with E-state index in [4.69, 9.17) is 4.74 Å². The van der Waals surface area contributed by atoms with E-state index in [1.165, 1.54) is 0 Å². The second kappa shape index (κ2) is 6.72. The van der Waals surface area contributed by atoms with Crippen molar-refractivity contribution >= 4 is 6.98 Å². The fraction of sp³-hybridized carbons (Fsp3) is 1.00. The normalized spacial score (nSPS) is 28.8. The van der Waals surface area contributed by atoms with Gasteiger partial charge in [0.1, 0.15) is 0 Å². The molecule has 94 valence electrons. The van der Waals surface area contributed by atoms with Gasteiger partial charge < -0.3 is 23.0 Å². The summed E-state index contributed by atoms with van der Waals surface area (Å²) in [6.45, 7) is -2.07. The zero-order chi connectivity index (χ0) is 11.6. The van der Waals surface area contributed by atoms with E-state index >= 15 is 0 Å². The van der Waals surface area contributed by atoms with E-state index in [0.29, 0.717) is 13.2 Å². The van der Waals surface area contributed by atoms with Crippen LogP contribution in [0.4, 0.5) is 12.9 Å². The van der Waals surface area contributed by atoms with Gasteiger partial charge in [0.2, 0.25) is 0 Å². The molecule has 0 aromatic rings. The Morgan fingerprint density at radius 1 is 1.18 bits per heavy atom. The van der Waals surface area contributed by atoms with Crippen molar-refractivity contribution in [3.8, 4) is 0 Å². The van der Waals surface area contributed by atoms with Crippen LogP contribution in [0.15, 0.2) is 0 Å². The molecule has 2 fully saturated rings. The molecule has 1 atom stereocenters. The first kappa shape index (κ1) is 16.5. The Kier molecular flexibility index (Phi) is 6.51. The average Bonchev–Trinajstić information content (AvgIpc) is 2.21. The summed E-state index contributed by atoms with van der Waals surface area (Å²) in [5, 5.41) is 3.22. The molecule has 0 aromatic carbocycles. The van der Waals surface area contributed by atoms with Gasteiger partial charge in [-0.15, -0.1) is 0 Å². The van der Waals surface area contributed by atoms with Gasteiger partial charge in [0, 0.05) is 13.2 Å². The molecule has 17 heavy (non-hydrogen) atoms. The molecule has 2 aliphatic rings. The SMILES string of the molecule is F[B-](F)(F)CC1COCCC12CCNCC2.[K+]. The minimum Gasteiger partial charge on any atom is -0.449 e. The first-order chi connectivity index (χ1) is 7.52. The Morgan fingerprint density at radius 2 is 1.82 bits per heavy atom. The first-order valence-electron chi connectivity index (χ1n) is 6.01. The Bertz CT molecular complexity index is 238. The summed E-state index contributed by atoms with van der Waals surface area (Å²) in [7, 11) is 0. The Hall–Kier alpha value is 1.41. The maximum atomic E-state index is 12.6. The van der Waals surface area contributed by atoms with E-state index < -0.39 is 13.3 Å². The van der Waals surface area contributed by atoms with E-state index in [-0.39, 0.29) is 62.7 Å². The molecule has 2 heterocycles. The number of hydrogen-bond donors (Lipinski definition) is 1. The van der Waals surface area contributed by atoms with E-state index in [0.717, 1.165) is 32.4 Å². The summed E-state index contributed by atoms with van der Waals surface area (Å²) in [6.07, 6.45) is 1.91. The number of nitrogens with one attached hydrogen (secondary N) is 1. The van der Waals surface area contributed by atoms with Crippen molar-refractivity contribution in [1.82, 2.24) is 5.32 Å². The fourth-order valence-electron chi connectivity index (χ4n) is 3.11. The first-order valence-corrected chi connectivity index (χ1v) is 6.01. The Balaban J connectivity index is 0.00000144. The zero-order valence-corrected chi connectivity index (χ0v) is 13.5. The van der Waals surface area contributed by atoms with Crippen LogP contribution in [0.3, 0.4) is 0 Å². The van der Waals surface area contributed by atoms with Crippen LogP contribution in [0.2, 0.25) is 6.32 Å². The molecule has 0 aromatic heterocycles. The molecular weight excluding hydrogens is 257 g/mol. The largest absolute Gasteiger partial charge is 1.00 e. The van der Waals surface area contributed by atoms with Gasteiger partial charge in [-0.05, 0) is 43.7 Å². The van der Waals surface area contributed by atoms with Crippen molar-refractivity contribution in [3.63, 3.8) is 0 Å². The quantitative estimate of drug-likeness (QED) is 0.669. The minimum absolute atomic E-state index is 0. The van der Waals surface area contributed by atoms with Crippen molar-refractivity contribution in [1.29, 1.82) is 0 Å². The maximum absolute atomic E-state index is 12.6. The van der Waals surface area contributed by atoms with Crippen molar-refractivity contribution in [2.75, 3.05) is 26.3 Å². The predicted molar refractivity (Wildman–Crippen MR) is 57.3 cm³/mol. The third-order valence-corrected chi connectivity index (χ3v) is 4.08. The molecule has 0 aliphatic carbocycles. The number of piperidine rings is 1. The third-order valence-electron chi connectivity index (χ3n) is 4.08. The van der Waals surface area contributed by atoms with Gasteiger partial charge in [0.15, 0.2) is 0 Å². The van der Waals surface area contributed by atoms with Gasteiger partial charge in [-0.2, -0.15) is 0 Å². The molecule has 0 bridgehead atoms. The van der Waals surface area contributed by atoms with Crippen LogP contribution in [0.1, 0.15) is 19.3 Å². The molecule has 2 nitrogen and oxygen atoms in total. The van der Waals surface area contributed by atoms with Crippen molar-refractivity contribution in [2.45, 2.75) is 25.6 Å². The van der Waals surface area contributed by atoms with Crippen LogP contribution in [0, 0.1) is 11.3 Å². The summed E-state index contributed by atoms with van der Waals surface area (Å²) in [4.78, 5) is 0. The van der Waals surface area contributed by atoms with Crippen molar-refractivity contribution in [2.24, 2.45) is 11.3 Å². The second-order valence-corrected chi connectivity index (χ2v) is 5.08. The smallest absolute Gasteiger partial charge is 0.449 e. The summed E-state index contributed by atoms with van der Waals surface area (Å²) in [5.74, 6) is -0.316. The molecule has 1 N–H and O–H groups in total. The molecule has 1 unspecified atom stereocenters. The number of hydrogen-bond acceptors (Lipinski definition) is 2. The molecular formula is C10H18BF3KNO. The summed E-state index contributed by atoms with van der Waals surface area (Å²) in [5.41, 5.74) is -0.110. The Morgan fingerprint density at radius 3 is 2.41 bits per heavy atom. The van der Waals surface area contributed by atoms with Crippen LogP contribution >= 0.6 is 0 Å². The van der Waals surface area contributed by atoms with E-state index in [1.54, 1.807) is 0 Å². The van der Waals surface area contributed by atoms with Gasteiger partial charge in [0.05, 0.1) is 0 Å². The average molecular weight is 275 g/mol. The van der Waals surface area contributed by atoms with Gasteiger partial charge in [-0.25, -0.2) is 0 Å². The summed E-state index contributed by atoms with van der Waals surface area (Å²) in [6, 6.07) is 0. The van der Waals surface area contributed by atoms with Crippen molar-refractivity contribution < 1.29 is 69.1 Å².